The smallest absolute Gasteiger partial charge is 0.192 e. The first kappa shape index (κ1) is 22.8. The van der Waals surface area contributed by atoms with E-state index in [1.54, 1.807) is 6.20 Å². The maximum atomic E-state index is 15.3. The number of hydrogen-bond donors (Lipinski definition) is 1. The average molecular weight is 488 g/mol. The zero-order valence-electron chi connectivity index (χ0n) is 19.5. The molecule has 4 heterocycles. The maximum Gasteiger partial charge on any atom is 0.192 e. The molecule has 0 amide bonds. The van der Waals surface area contributed by atoms with Crippen molar-refractivity contribution < 1.29 is 18.3 Å². The number of likely N-dealkylation sites (tertiary alicyclic amines) is 1. The Balaban J connectivity index is 1.59. The second-order valence-corrected chi connectivity index (χ2v) is 8.91. The third kappa shape index (κ3) is 3.65. The summed E-state index contributed by atoms with van der Waals surface area (Å²) in [7, 11) is 2.65. The molecular formula is C24H27F2N5O2S. The molecule has 7 nitrogen and oxygen atoms in total. The number of ether oxygens (including phenoxy) is 2. The molecule has 2 aliphatic rings. The Morgan fingerprint density at radius 1 is 1.06 bits per heavy atom. The lowest BCUT2D eigenvalue weighted by atomic mass is 10.1. The monoisotopic (exact) mass is 487 g/mol. The largest absolute Gasteiger partial charge is 0.493 e. The van der Waals surface area contributed by atoms with Crippen LogP contribution in [0, 0.1) is 11.6 Å². The fourth-order valence-electron chi connectivity index (χ4n) is 4.92. The van der Waals surface area contributed by atoms with Crippen molar-refractivity contribution in [3.8, 4) is 11.5 Å². The van der Waals surface area contributed by atoms with Crippen LogP contribution in [0.25, 0.3) is 11.0 Å². The predicted octanol–water partition coefficient (Wildman–Crippen LogP) is 4.59. The number of halogens is 2. The number of hydrogen-bond acceptors (Lipinski definition) is 5. The molecule has 1 saturated heterocycles. The minimum Gasteiger partial charge on any atom is -0.493 e. The highest BCUT2D eigenvalue weighted by Gasteiger charge is 2.35. The minimum atomic E-state index is -0.828. The molecule has 180 valence electrons. The van der Waals surface area contributed by atoms with Crippen LogP contribution in [0.3, 0.4) is 0 Å². The lowest BCUT2D eigenvalue weighted by Gasteiger charge is -2.39. The molecule has 10 heteroatoms. The van der Waals surface area contributed by atoms with Crippen LogP contribution in [0.5, 0.6) is 11.5 Å². The summed E-state index contributed by atoms with van der Waals surface area (Å²) in [6.07, 6.45) is 4.20. The zero-order valence-corrected chi connectivity index (χ0v) is 20.3. The number of aromatic amines is 1. The minimum absolute atomic E-state index is 0.115. The Hall–Kier alpha value is -2.98. The van der Waals surface area contributed by atoms with Gasteiger partial charge in [-0.05, 0) is 51.1 Å². The van der Waals surface area contributed by atoms with E-state index in [1.807, 2.05) is 11.8 Å². The van der Waals surface area contributed by atoms with Crippen LogP contribution in [0.2, 0.25) is 0 Å². The van der Waals surface area contributed by atoms with Gasteiger partial charge in [0.2, 0.25) is 0 Å². The molecule has 0 radical (unpaired) electrons. The average Bonchev–Trinajstić information content (AvgIpc) is 3.49. The maximum absolute atomic E-state index is 15.3. The van der Waals surface area contributed by atoms with Crippen LogP contribution < -0.4 is 19.3 Å². The second kappa shape index (κ2) is 8.99. The number of thiocarbonyl (C=S) groups is 1. The number of anilines is 2. The molecule has 0 aliphatic carbocycles. The normalized spacial score (nSPS) is 16.4. The van der Waals surface area contributed by atoms with E-state index >= 15 is 8.78 Å². The quantitative estimate of drug-likeness (QED) is 0.511. The topological polar surface area (TPSA) is 56.9 Å². The molecule has 3 aromatic rings. The number of fused-ring (bicyclic) bond motifs is 3. The number of pyridine rings is 1. The van der Waals surface area contributed by atoms with Crippen LogP contribution in [0.1, 0.15) is 31.0 Å². The molecule has 0 saturated carbocycles. The fourth-order valence-corrected chi connectivity index (χ4v) is 5.29. The van der Waals surface area contributed by atoms with E-state index < -0.39 is 11.6 Å². The van der Waals surface area contributed by atoms with E-state index in [0.29, 0.717) is 11.7 Å². The van der Waals surface area contributed by atoms with Gasteiger partial charge in [-0.3, -0.25) is 4.90 Å². The Morgan fingerprint density at radius 3 is 2.35 bits per heavy atom. The zero-order chi connectivity index (χ0) is 24.0. The van der Waals surface area contributed by atoms with Crippen molar-refractivity contribution in [3.63, 3.8) is 0 Å². The molecule has 1 aromatic carbocycles. The summed E-state index contributed by atoms with van der Waals surface area (Å²) in [4.78, 5) is 13.8. The van der Waals surface area contributed by atoms with Gasteiger partial charge < -0.3 is 24.3 Å². The number of aromatic nitrogens is 2. The molecule has 0 bridgehead atoms. The first-order valence-electron chi connectivity index (χ1n) is 11.4. The van der Waals surface area contributed by atoms with E-state index in [-0.39, 0.29) is 23.7 Å². The van der Waals surface area contributed by atoms with E-state index in [0.717, 1.165) is 47.6 Å². The number of methoxy groups -OCH3 is 2. The molecule has 0 spiro atoms. The van der Waals surface area contributed by atoms with Crippen molar-refractivity contribution in [2.45, 2.75) is 32.9 Å². The van der Waals surface area contributed by atoms with Gasteiger partial charge in [0.05, 0.1) is 26.5 Å². The van der Waals surface area contributed by atoms with Crippen LogP contribution >= 0.6 is 12.2 Å². The SMILES string of the molecule is CCN1C(=S)N(c2c(F)c(OC)cc(OC)c2F)Cc2cnc3[nH]c(CN4CCCC4)cc3c21. The summed E-state index contributed by atoms with van der Waals surface area (Å²) in [5.41, 5.74) is 3.33. The summed E-state index contributed by atoms with van der Waals surface area (Å²) in [5, 5.41) is 1.26. The van der Waals surface area contributed by atoms with Gasteiger partial charge in [-0.25, -0.2) is 13.8 Å². The van der Waals surface area contributed by atoms with Gasteiger partial charge in [0, 0.05) is 42.0 Å². The Morgan fingerprint density at radius 2 is 1.74 bits per heavy atom. The van der Waals surface area contributed by atoms with Crippen molar-refractivity contribution >= 4 is 39.7 Å². The van der Waals surface area contributed by atoms with Crippen LogP contribution in [-0.2, 0) is 13.1 Å². The molecule has 34 heavy (non-hydrogen) atoms. The van der Waals surface area contributed by atoms with Crippen LogP contribution in [0.4, 0.5) is 20.2 Å². The molecule has 0 atom stereocenters. The lowest BCUT2D eigenvalue weighted by molar-refractivity contribution is 0.328. The van der Waals surface area contributed by atoms with Crippen molar-refractivity contribution in [1.82, 2.24) is 14.9 Å². The van der Waals surface area contributed by atoms with Gasteiger partial charge in [-0.2, -0.15) is 0 Å². The highest BCUT2D eigenvalue weighted by Crippen LogP contribution is 2.42. The summed E-state index contributed by atoms with van der Waals surface area (Å²) < 4.78 is 40.8. The van der Waals surface area contributed by atoms with Gasteiger partial charge in [-0.1, -0.05) is 0 Å². The number of benzene rings is 1. The van der Waals surface area contributed by atoms with Gasteiger partial charge in [-0.15, -0.1) is 0 Å². The number of H-pyrrole nitrogens is 1. The van der Waals surface area contributed by atoms with E-state index in [2.05, 4.69) is 20.9 Å². The van der Waals surface area contributed by atoms with Crippen molar-refractivity contribution in [2.24, 2.45) is 0 Å². The van der Waals surface area contributed by atoms with Gasteiger partial charge in [0.1, 0.15) is 11.3 Å². The fraction of sp³-hybridized carbons (Fsp3) is 0.417. The number of rotatable bonds is 6. The molecule has 0 unspecified atom stereocenters. The van der Waals surface area contributed by atoms with E-state index in [9.17, 15) is 0 Å². The summed E-state index contributed by atoms with van der Waals surface area (Å²) in [5.74, 6) is -1.89. The van der Waals surface area contributed by atoms with Crippen molar-refractivity contribution in [3.05, 3.63) is 41.2 Å². The Bertz CT molecular complexity index is 1230. The first-order chi connectivity index (χ1) is 16.5. The predicted molar refractivity (Wildman–Crippen MR) is 132 cm³/mol. The lowest BCUT2D eigenvalue weighted by Crippen LogP contribution is -2.48. The molecular weight excluding hydrogens is 460 g/mol. The Labute approximate surface area is 202 Å². The Kier molecular flexibility index (Phi) is 6.03. The third-order valence-corrected chi connectivity index (χ3v) is 6.99. The van der Waals surface area contributed by atoms with Gasteiger partial charge in [0.15, 0.2) is 28.2 Å². The highest BCUT2D eigenvalue weighted by molar-refractivity contribution is 7.80. The summed E-state index contributed by atoms with van der Waals surface area (Å²) in [6, 6.07) is 3.32. The second-order valence-electron chi connectivity index (χ2n) is 8.54. The molecule has 1 fully saturated rings. The standard InChI is InChI=1S/C24H27F2N5O2S/c1-4-30-21-14(11-27-23-16(21)9-15(28-23)13-29-7-5-6-8-29)12-31(24(30)34)22-19(25)17(32-2)10-18(33-3)20(22)26/h9-11H,4-8,12-13H2,1-3H3,(H,27,28). The van der Waals surface area contributed by atoms with Crippen LogP contribution in [-0.4, -0.2) is 53.8 Å². The molecule has 2 aromatic heterocycles. The van der Waals surface area contributed by atoms with Gasteiger partial charge in [0.25, 0.3) is 0 Å². The highest BCUT2D eigenvalue weighted by atomic mass is 32.1. The summed E-state index contributed by atoms with van der Waals surface area (Å²) in [6.45, 7) is 5.70. The number of nitrogens with zero attached hydrogens (tertiary/aromatic N) is 4. The van der Waals surface area contributed by atoms with E-state index in [1.165, 1.54) is 38.0 Å². The molecule has 2 aliphatic heterocycles. The first-order valence-corrected chi connectivity index (χ1v) is 11.8. The van der Waals surface area contributed by atoms with E-state index in [4.69, 9.17) is 21.7 Å². The summed E-state index contributed by atoms with van der Waals surface area (Å²) >= 11 is 5.77. The number of nitrogens with one attached hydrogen (secondary N) is 1. The molecule has 5 rings (SSSR count). The van der Waals surface area contributed by atoms with Crippen molar-refractivity contribution in [2.75, 3.05) is 43.7 Å². The van der Waals surface area contributed by atoms with Crippen molar-refractivity contribution in [1.29, 1.82) is 0 Å². The van der Waals surface area contributed by atoms with Gasteiger partial charge >= 0.3 is 0 Å². The molecule has 1 N–H and O–H groups in total. The van der Waals surface area contributed by atoms with Crippen LogP contribution in [0.15, 0.2) is 18.3 Å². The third-order valence-electron chi connectivity index (χ3n) is 6.55.